The lowest BCUT2D eigenvalue weighted by atomic mass is 10.2. The first-order valence-corrected chi connectivity index (χ1v) is 7.39. The molecule has 110 valence electrons. The third-order valence-electron chi connectivity index (χ3n) is 3.21. The standard InChI is InChI=1S/C15H16N2O3S/c1-10-11(2)15(20)17(16-14(10)19)9-13-12(6-8-21-13)5-3-4-7-18/h6,8,18H,4,7,9H2,1-2H3,(H,16,19). The SMILES string of the molecule is Cc1c(C)c(=O)n(Cc2sccc2C#CCCO)[nH]c1=O. The first-order valence-electron chi connectivity index (χ1n) is 6.51. The minimum atomic E-state index is -0.253. The van der Waals surface area contributed by atoms with Crippen molar-refractivity contribution < 1.29 is 5.11 Å². The topological polar surface area (TPSA) is 75.1 Å². The van der Waals surface area contributed by atoms with Crippen molar-refractivity contribution in [2.24, 2.45) is 0 Å². The maximum atomic E-state index is 12.2. The summed E-state index contributed by atoms with van der Waals surface area (Å²) in [6, 6.07) is 1.87. The average molecular weight is 304 g/mol. The number of aliphatic hydroxyl groups excluding tert-OH is 1. The Morgan fingerprint density at radius 2 is 2.10 bits per heavy atom. The van der Waals surface area contributed by atoms with Crippen LogP contribution in [0.1, 0.15) is 28.0 Å². The van der Waals surface area contributed by atoms with Crippen LogP contribution >= 0.6 is 11.3 Å². The number of nitrogens with zero attached hydrogens (tertiary/aromatic N) is 1. The van der Waals surface area contributed by atoms with E-state index >= 15 is 0 Å². The number of aliphatic hydroxyl groups is 1. The largest absolute Gasteiger partial charge is 0.395 e. The Bertz CT molecular complexity index is 818. The summed E-state index contributed by atoms with van der Waals surface area (Å²) in [5.41, 5.74) is 1.28. The van der Waals surface area contributed by atoms with Crippen LogP contribution in [0.4, 0.5) is 0 Å². The number of thiophene rings is 1. The van der Waals surface area contributed by atoms with E-state index in [0.717, 1.165) is 10.4 Å². The van der Waals surface area contributed by atoms with Crippen LogP contribution < -0.4 is 11.1 Å². The molecule has 0 saturated carbocycles. The predicted octanol–water partition coefficient (Wildman–Crippen LogP) is 0.997. The molecule has 0 fully saturated rings. The van der Waals surface area contributed by atoms with Crippen LogP contribution in [-0.2, 0) is 6.54 Å². The van der Waals surface area contributed by atoms with Gasteiger partial charge in [0.1, 0.15) is 0 Å². The van der Waals surface area contributed by atoms with Crippen molar-refractivity contribution >= 4 is 11.3 Å². The molecule has 21 heavy (non-hydrogen) atoms. The van der Waals surface area contributed by atoms with Crippen molar-refractivity contribution in [2.75, 3.05) is 6.61 Å². The van der Waals surface area contributed by atoms with Gasteiger partial charge in [-0.2, -0.15) is 0 Å². The lowest BCUT2D eigenvalue weighted by molar-refractivity contribution is 0.305. The summed E-state index contributed by atoms with van der Waals surface area (Å²) in [7, 11) is 0. The molecular weight excluding hydrogens is 288 g/mol. The molecule has 2 aromatic heterocycles. The molecule has 0 aliphatic heterocycles. The van der Waals surface area contributed by atoms with E-state index in [1.807, 2.05) is 11.4 Å². The van der Waals surface area contributed by atoms with Crippen molar-refractivity contribution in [3.05, 3.63) is 53.7 Å². The molecule has 5 nitrogen and oxygen atoms in total. The Kier molecular flexibility index (Phi) is 4.78. The zero-order valence-corrected chi connectivity index (χ0v) is 12.7. The fraction of sp³-hybridized carbons (Fsp3) is 0.333. The van der Waals surface area contributed by atoms with Gasteiger partial charge in [0.05, 0.1) is 13.2 Å². The van der Waals surface area contributed by atoms with Crippen LogP contribution in [0, 0.1) is 25.7 Å². The van der Waals surface area contributed by atoms with Gasteiger partial charge in [0.15, 0.2) is 0 Å². The number of aromatic amines is 1. The van der Waals surface area contributed by atoms with Crippen molar-refractivity contribution in [3.63, 3.8) is 0 Å². The van der Waals surface area contributed by atoms with Crippen LogP contribution in [-0.4, -0.2) is 21.5 Å². The van der Waals surface area contributed by atoms with E-state index < -0.39 is 0 Å². The lowest BCUT2D eigenvalue weighted by Gasteiger charge is -2.07. The Morgan fingerprint density at radius 1 is 1.33 bits per heavy atom. The Labute approximate surface area is 125 Å². The summed E-state index contributed by atoms with van der Waals surface area (Å²) in [4.78, 5) is 24.8. The molecule has 0 spiro atoms. The zero-order valence-electron chi connectivity index (χ0n) is 11.9. The molecule has 2 heterocycles. The average Bonchev–Trinajstić information content (AvgIpc) is 2.90. The van der Waals surface area contributed by atoms with Gasteiger partial charge >= 0.3 is 0 Å². The maximum absolute atomic E-state index is 12.2. The molecule has 2 rings (SSSR count). The lowest BCUT2D eigenvalue weighted by Crippen LogP contribution is -2.33. The van der Waals surface area contributed by atoms with Gasteiger partial charge in [0.2, 0.25) is 0 Å². The molecule has 2 N–H and O–H groups in total. The highest BCUT2D eigenvalue weighted by Crippen LogP contribution is 2.16. The van der Waals surface area contributed by atoms with E-state index in [4.69, 9.17) is 5.11 Å². The molecule has 0 aliphatic rings. The molecule has 0 saturated heterocycles. The van der Waals surface area contributed by atoms with Gasteiger partial charge in [-0.1, -0.05) is 11.8 Å². The van der Waals surface area contributed by atoms with Crippen LogP contribution in [0.5, 0.6) is 0 Å². The van der Waals surface area contributed by atoms with Gasteiger partial charge in [-0.05, 0) is 25.3 Å². The van der Waals surface area contributed by atoms with Crippen molar-refractivity contribution in [1.29, 1.82) is 0 Å². The highest BCUT2D eigenvalue weighted by Gasteiger charge is 2.10. The second-order valence-electron chi connectivity index (χ2n) is 4.62. The van der Waals surface area contributed by atoms with Crippen LogP contribution in [0.2, 0.25) is 0 Å². The van der Waals surface area contributed by atoms with E-state index in [-0.39, 0.29) is 24.3 Å². The number of H-pyrrole nitrogens is 1. The number of hydrogen-bond acceptors (Lipinski definition) is 4. The number of rotatable bonds is 3. The van der Waals surface area contributed by atoms with Gasteiger partial charge in [-0.25, -0.2) is 4.68 Å². The first-order chi connectivity index (χ1) is 10.0. The third-order valence-corrected chi connectivity index (χ3v) is 4.12. The molecule has 0 bridgehead atoms. The van der Waals surface area contributed by atoms with E-state index in [1.54, 1.807) is 13.8 Å². The second kappa shape index (κ2) is 6.57. The molecule has 0 radical (unpaired) electrons. The molecule has 0 atom stereocenters. The fourth-order valence-electron chi connectivity index (χ4n) is 1.83. The van der Waals surface area contributed by atoms with Crippen molar-refractivity contribution in [1.82, 2.24) is 9.78 Å². The van der Waals surface area contributed by atoms with E-state index in [2.05, 4.69) is 16.9 Å². The number of nitrogens with one attached hydrogen (secondary N) is 1. The Hall–Kier alpha value is -2.10. The summed E-state index contributed by atoms with van der Waals surface area (Å²) in [6.07, 6.45) is 0.412. The van der Waals surface area contributed by atoms with Crippen LogP contribution in [0.3, 0.4) is 0 Å². The zero-order chi connectivity index (χ0) is 15.4. The molecular formula is C15H16N2O3S. The smallest absolute Gasteiger partial charge is 0.268 e. The molecule has 2 aromatic rings. The predicted molar refractivity (Wildman–Crippen MR) is 82.8 cm³/mol. The van der Waals surface area contributed by atoms with Crippen LogP contribution in [0.15, 0.2) is 21.0 Å². The molecule has 0 unspecified atom stereocenters. The van der Waals surface area contributed by atoms with E-state index in [9.17, 15) is 9.59 Å². The van der Waals surface area contributed by atoms with Gasteiger partial charge in [-0.15, -0.1) is 11.3 Å². The monoisotopic (exact) mass is 304 g/mol. The number of hydrogen-bond donors (Lipinski definition) is 2. The van der Waals surface area contributed by atoms with Gasteiger partial charge in [-0.3, -0.25) is 14.7 Å². The summed E-state index contributed by atoms with van der Waals surface area (Å²) in [5, 5.41) is 13.2. The third kappa shape index (κ3) is 3.32. The number of aromatic nitrogens is 2. The highest BCUT2D eigenvalue weighted by atomic mass is 32.1. The molecule has 0 amide bonds. The summed E-state index contributed by atoms with van der Waals surface area (Å²) < 4.78 is 1.31. The van der Waals surface area contributed by atoms with Gasteiger partial charge in [0.25, 0.3) is 11.1 Å². The normalized spacial score (nSPS) is 10.2. The Morgan fingerprint density at radius 3 is 2.81 bits per heavy atom. The summed E-state index contributed by atoms with van der Waals surface area (Å²) >= 11 is 1.48. The van der Waals surface area contributed by atoms with Crippen molar-refractivity contribution in [2.45, 2.75) is 26.8 Å². The fourth-order valence-corrected chi connectivity index (χ4v) is 2.65. The summed E-state index contributed by atoms with van der Waals surface area (Å²) in [5.74, 6) is 5.83. The van der Waals surface area contributed by atoms with E-state index in [0.29, 0.717) is 17.5 Å². The molecule has 0 aliphatic carbocycles. The van der Waals surface area contributed by atoms with Crippen LogP contribution in [0.25, 0.3) is 0 Å². The molecule has 6 heteroatoms. The maximum Gasteiger partial charge on any atom is 0.268 e. The quantitative estimate of drug-likeness (QED) is 0.831. The van der Waals surface area contributed by atoms with Gasteiger partial charge in [0, 0.05) is 28.0 Å². The highest BCUT2D eigenvalue weighted by molar-refractivity contribution is 7.10. The summed E-state index contributed by atoms with van der Waals surface area (Å²) in [6.45, 7) is 3.60. The first kappa shape index (κ1) is 15.3. The second-order valence-corrected chi connectivity index (χ2v) is 5.62. The minimum absolute atomic E-state index is 0.0242. The van der Waals surface area contributed by atoms with E-state index in [1.165, 1.54) is 16.0 Å². The molecule has 0 aromatic carbocycles. The van der Waals surface area contributed by atoms with Crippen molar-refractivity contribution in [3.8, 4) is 11.8 Å². The van der Waals surface area contributed by atoms with Gasteiger partial charge < -0.3 is 5.11 Å². The minimum Gasteiger partial charge on any atom is -0.395 e. The Balaban J connectivity index is 2.37.